The number of carbonyl (C=O) groups excluding carboxylic acids is 1. The first-order valence-corrected chi connectivity index (χ1v) is 7.75. The lowest BCUT2D eigenvalue weighted by atomic mass is 10.0. The van der Waals surface area contributed by atoms with Crippen molar-refractivity contribution >= 4 is 5.91 Å². The van der Waals surface area contributed by atoms with Gasteiger partial charge in [-0.2, -0.15) is 0 Å². The molecule has 0 spiro atoms. The highest BCUT2D eigenvalue weighted by Gasteiger charge is 2.68. The summed E-state index contributed by atoms with van der Waals surface area (Å²) in [5, 5.41) is 2.98. The van der Waals surface area contributed by atoms with Crippen LogP contribution in [-0.4, -0.2) is 17.5 Å². The van der Waals surface area contributed by atoms with E-state index in [1.165, 1.54) is 0 Å². The zero-order chi connectivity index (χ0) is 15.7. The number of hydrogen-bond acceptors (Lipinski definition) is 2. The molecule has 1 aliphatic carbocycles. The maximum Gasteiger partial charge on any atom is 0.241 e. The van der Waals surface area contributed by atoms with Crippen LogP contribution in [0, 0.1) is 0 Å². The van der Waals surface area contributed by atoms with Gasteiger partial charge in [0, 0.05) is 17.9 Å². The fourth-order valence-electron chi connectivity index (χ4n) is 3.33. The van der Waals surface area contributed by atoms with E-state index in [-0.39, 0.29) is 23.8 Å². The molecule has 1 fully saturated rings. The summed E-state index contributed by atoms with van der Waals surface area (Å²) in [4.78, 5) is 12.7. The Labute approximate surface area is 131 Å². The van der Waals surface area contributed by atoms with Crippen LogP contribution in [0.4, 0.5) is 0 Å². The van der Waals surface area contributed by atoms with Gasteiger partial charge in [-0.25, -0.2) is 0 Å². The maximum atomic E-state index is 12.7. The van der Waals surface area contributed by atoms with Crippen LogP contribution in [0.25, 0.3) is 0 Å². The van der Waals surface area contributed by atoms with Crippen molar-refractivity contribution in [2.24, 2.45) is 5.73 Å². The lowest BCUT2D eigenvalue weighted by Crippen LogP contribution is -2.47. The Bertz CT molecular complexity index is 606. The summed E-state index contributed by atoms with van der Waals surface area (Å²) in [5.74, 6) is -0.0186. The monoisotopic (exact) mass is 294 g/mol. The number of carbonyl (C=O) groups is 1. The quantitative estimate of drug-likeness (QED) is 0.911. The van der Waals surface area contributed by atoms with E-state index in [1.54, 1.807) is 0 Å². The number of nitrogens with two attached hydrogens (primary N) is 1. The Morgan fingerprint density at radius 2 is 1.36 bits per heavy atom. The Kier molecular flexibility index (Phi) is 3.75. The summed E-state index contributed by atoms with van der Waals surface area (Å²) < 4.78 is 0. The van der Waals surface area contributed by atoms with Crippen molar-refractivity contribution in [2.75, 3.05) is 0 Å². The van der Waals surface area contributed by atoms with Crippen LogP contribution in [0.3, 0.4) is 0 Å². The van der Waals surface area contributed by atoms with Gasteiger partial charge in [0.25, 0.3) is 0 Å². The SMILES string of the molecule is CC(C)NC(=O)C1(N)[C@@H](c2ccccc2)[C@@H]1c1ccccc1. The van der Waals surface area contributed by atoms with Crippen molar-refractivity contribution in [2.45, 2.75) is 37.3 Å². The molecule has 0 aliphatic heterocycles. The minimum Gasteiger partial charge on any atom is -0.352 e. The number of hydrogen-bond donors (Lipinski definition) is 2. The van der Waals surface area contributed by atoms with E-state index in [9.17, 15) is 4.79 Å². The lowest BCUT2D eigenvalue weighted by Gasteiger charge is -2.15. The third-order valence-electron chi connectivity index (χ3n) is 4.38. The van der Waals surface area contributed by atoms with Gasteiger partial charge >= 0.3 is 0 Å². The Hall–Kier alpha value is -2.13. The van der Waals surface area contributed by atoms with Crippen molar-refractivity contribution in [1.82, 2.24) is 5.32 Å². The molecule has 3 heteroatoms. The zero-order valence-corrected chi connectivity index (χ0v) is 13.0. The molecule has 0 heterocycles. The number of benzene rings is 2. The van der Waals surface area contributed by atoms with Gasteiger partial charge in [-0.05, 0) is 25.0 Å². The molecule has 1 saturated carbocycles. The Morgan fingerprint density at radius 1 is 0.955 bits per heavy atom. The largest absolute Gasteiger partial charge is 0.352 e. The first-order chi connectivity index (χ1) is 10.5. The molecule has 0 saturated heterocycles. The fourth-order valence-corrected chi connectivity index (χ4v) is 3.33. The number of amides is 1. The average Bonchev–Trinajstić information content (AvgIpc) is 3.16. The van der Waals surface area contributed by atoms with Gasteiger partial charge in [0.15, 0.2) is 0 Å². The van der Waals surface area contributed by atoms with Crippen molar-refractivity contribution in [1.29, 1.82) is 0 Å². The van der Waals surface area contributed by atoms with E-state index in [4.69, 9.17) is 5.73 Å². The van der Waals surface area contributed by atoms with Gasteiger partial charge in [0.2, 0.25) is 5.91 Å². The standard InChI is InChI=1S/C19H22N2O/c1-13(2)21-18(22)19(20)16(14-9-5-3-6-10-14)17(19)15-11-7-4-8-12-15/h3-13,16-17H,20H2,1-2H3,(H,21,22)/t16-,17-/m0/s1. The number of rotatable bonds is 4. The topological polar surface area (TPSA) is 55.1 Å². The molecule has 2 aromatic rings. The second-order valence-electron chi connectivity index (χ2n) is 6.34. The summed E-state index contributed by atoms with van der Waals surface area (Å²) >= 11 is 0. The molecule has 3 N–H and O–H groups in total. The third kappa shape index (κ3) is 2.42. The highest BCUT2D eigenvalue weighted by molar-refractivity contribution is 5.94. The van der Waals surface area contributed by atoms with Crippen molar-refractivity contribution in [3.8, 4) is 0 Å². The smallest absolute Gasteiger partial charge is 0.241 e. The van der Waals surface area contributed by atoms with E-state index < -0.39 is 5.54 Å². The highest BCUT2D eigenvalue weighted by Crippen LogP contribution is 2.62. The van der Waals surface area contributed by atoms with Crippen LogP contribution in [0.15, 0.2) is 60.7 Å². The molecule has 0 radical (unpaired) electrons. The van der Waals surface area contributed by atoms with Gasteiger partial charge in [0.05, 0.1) is 0 Å². The molecular weight excluding hydrogens is 272 g/mol. The van der Waals surface area contributed by atoms with Crippen molar-refractivity contribution < 1.29 is 4.79 Å². The van der Waals surface area contributed by atoms with E-state index in [2.05, 4.69) is 29.6 Å². The van der Waals surface area contributed by atoms with E-state index >= 15 is 0 Å². The zero-order valence-electron chi connectivity index (χ0n) is 13.0. The number of nitrogens with one attached hydrogen (secondary N) is 1. The molecule has 2 aromatic carbocycles. The van der Waals surface area contributed by atoms with Crippen LogP contribution in [-0.2, 0) is 4.79 Å². The second kappa shape index (κ2) is 5.58. The fraction of sp³-hybridized carbons (Fsp3) is 0.316. The van der Waals surface area contributed by atoms with Crippen LogP contribution in [0.2, 0.25) is 0 Å². The predicted octanol–water partition coefficient (Wildman–Crippen LogP) is 2.79. The van der Waals surface area contributed by atoms with E-state index in [1.807, 2.05) is 50.2 Å². The van der Waals surface area contributed by atoms with E-state index in [0.717, 1.165) is 11.1 Å². The van der Waals surface area contributed by atoms with Gasteiger partial charge < -0.3 is 11.1 Å². The Morgan fingerprint density at radius 3 is 1.73 bits per heavy atom. The van der Waals surface area contributed by atoms with Crippen molar-refractivity contribution in [3.63, 3.8) is 0 Å². The molecule has 3 rings (SSSR count). The Balaban J connectivity index is 1.97. The van der Waals surface area contributed by atoms with Crippen LogP contribution >= 0.6 is 0 Å². The van der Waals surface area contributed by atoms with Gasteiger partial charge in [-0.3, -0.25) is 4.79 Å². The maximum absolute atomic E-state index is 12.7. The molecule has 2 atom stereocenters. The molecule has 22 heavy (non-hydrogen) atoms. The second-order valence-corrected chi connectivity index (χ2v) is 6.34. The van der Waals surface area contributed by atoms with E-state index in [0.29, 0.717) is 0 Å². The van der Waals surface area contributed by atoms with Gasteiger partial charge in [0.1, 0.15) is 5.54 Å². The molecular formula is C19H22N2O. The first-order valence-electron chi connectivity index (χ1n) is 7.75. The van der Waals surface area contributed by atoms with Crippen LogP contribution < -0.4 is 11.1 Å². The minimum absolute atomic E-state index is 0.0230. The summed E-state index contributed by atoms with van der Waals surface area (Å²) in [6, 6.07) is 20.2. The average molecular weight is 294 g/mol. The lowest BCUT2D eigenvalue weighted by molar-refractivity contribution is -0.124. The summed E-state index contributed by atoms with van der Waals surface area (Å²) in [6.45, 7) is 3.91. The third-order valence-corrected chi connectivity index (χ3v) is 4.38. The molecule has 114 valence electrons. The van der Waals surface area contributed by atoms with Crippen LogP contribution in [0.5, 0.6) is 0 Å². The molecule has 0 unspecified atom stereocenters. The predicted molar refractivity (Wildman–Crippen MR) is 88.6 cm³/mol. The summed E-state index contributed by atoms with van der Waals surface area (Å²) in [6.07, 6.45) is 0. The van der Waals surface area contributed by atoms with Gasteiger partial charge in [-0.1, -0.05) is 60.7 Å². The van der Waals surface area contributed by atoms with Gasteiger partial charge in [-0.15, -0.1) is 0 Å². The minimum atomic E-state index is -0.868. The molecule has 1 aliphatic rings. The molecule has 3 nitrogen and oxygen atoms in total. The van der Waals surface area contributed by atoms with Crippen molar-refractivity contribution in [3.05, 3.63) is 71.8 Å². The molecule has 0 aromatic heterocycles. The normalized spacial score (nSPS) is 26.7. The highest BCUT2D eigenvalue weighted by atomic mass is 16.2. The summed E-state index contributed by atoms with van der Waals surface area (Å²) in [5.41, 5.74) is 7.96. The summed E-state index contributed by atoms with van der Waals surface area (Å²) in [7, 11) is 0. The van der Waals surface area contributed by atoms with Crippen LogP contribution in [0.1, 0.15) is 36.8 Å². The first kappa shape index (κ1) is 14.8. The molecule has 1 amide bonds. The molecule has 0 bridgehead atoms.